The van der Waals surface area contributed by atoms with Gasteiger partial charge in [-0.15, -0.1) is 0 Å². The van der Waals surface area contributed by atoms with Gasteiger partial charge in [0.1, 0.15) is 5.15 Å². The quantitative estimate of drug-likeness (QED) is 0.778. The van der Waals surface area contributed by atoms with Crippen LogP contribution >= 0.6 is 11.6 Å². The highest BCUT2D eigenvalue weighted by atomic mass is 35.5. The molecule has 0 radical (unpaired) electrons. The van der Waals surface area contributed by atoms with Gasteiger partial charge in [-0.3, -0.25) is 9.48 Å². The predicted molar refractivity (Wildman–Crippen MR) is 80.7 cm³/mol. The lowest BCUT2D eigenvalue weighted by Gasteiger charge is -2.37. The molecular weight excluding hydrogens is 276 g/mol. The van der Waals surface area contributed by atoms with Crippen LogP contribution in [-0.4, -0.2) is 58.2 Å². The van der Waals surface area contributed by atoms with Gasteiger partial charge in [-0.05, 0) is 27.0 Å². The van der Waals surface area contributed by atoms with Crippen LogP contribution in [0.5, 0.6) is 0 Å². The zero-order chi connectivity index (χ0) is 14.9. The Morgan fingerprint density at radius 3 is 2.65 bits per heavy atom. The van der Waals surface area contributed by atoms with Crippen LogP contribution in [0.4, 0.5) is 0 Å². The average Bonchev–Trinajstić information content (AvgIpc) is 2.61. The molecule has 0 spiro atoms. The second-order valence-electron chi connectivity index (χ2n) is 5.39. The number of nitrogens with zero attached hydrogens (tertiary/aromatic N) is 4. The summed E-state index contributed by atoms with van der Waals surface area (Å²) in [5.41, 5.74) is 1.64. The van der Waals surface area contributed by atoms with Crippen molar-refractivity contribution in [2.45, 2.75) is 19.9 Å². The monoisotopic (exact) mass is 296 g/mol. The van der Waals surface area contributed by atoms with Gasteiger partial charge in [-0.25, -0.2) is 0 Å². The maximum atomic E-state index is 12.3. The number of aryl methyl sites for hydroxylation is 2. The summed E-state index contributed by atoms with van der Waals surface area (Å²) in [6, 6.07) is 0.233. The van der Waals surface area contributed by atoms with E-state index < -0.39 is 0 Å². The number of hydrogen-bond donors (Lipinski definition) is 0. The number of aromatic nitrogens is 2. The van der Waals surface area contributed by atoms with Crippen molar-refractivity contribution in [3.8, 4) is 0 Å². The number of carbonyl (C=O) groups is 1. The van der Waals surface area contributed by atoms with Crippen molar-refractivity contribution in [1.82, 2.24) is 19.6 Å². The first-order chi connectivity index (χ1) is 9.40. The molecule has 1 aliphatic heterocycles. The summed E-state index contributed by atoms with van der Waals surface area (Å²) in [4.78, 5) is 16.4. The Kier molecular flexibility index (Phi) is 4.50. The third kappa shape index (κ3) is 3.04. The minimum absolute atomic E-state index is 0.0323. The fourth-order valence-electron chi connectivity index (χ4n) is 2.55. The van der Waals surface area contributed by atoms with E-state index in [4.69, 9.17) is 11.6 Å². The highest BCUT2D eigenvalue weighted by molar-refractivity contribution is 6.31. The van der Waals surface area contributed by atoms with Crippen LogP contribution in [0.2, 0.25) is 5.15 Å². The molecule has 20 heavy (non-hydrogen) atoms. The van der Waals surface area contributed by atoms with Gasteiger partial charge in [-0.2, -0.15) is 5.10 Å². The molecule has 0 aromatic carbocycles. The number of rotatable bonds is 2. The summed E-state index contributed by atoms with van der Waals surface area (Å²) in [5.74, 6) is 0.0323. The highest BCUT2D eigenvalue weighted by Gasteiger charge is 2.24. The molecule has 2 heterocycles. The third-order valence-corrected chi connectivity index (χ3v) is 4.15. The van der Waals surface area contributed by atoms with Crippen LogP contribution in [-0.2, 0) is 11.8 Å². The molecule has 5 nitrogen and oxygen atoms in total. The molecule has 6 heteroatoms. The topological polar surface area (TPSA) is 41.4 Å². The Morgan fingerprint density at radius 2 is 2.10 bits per heavy atom. The van der Waals surface area contributed by atoms with Gasteiger partial charge in [0.15, 0.2) is 0 Å². The van der Waals surface area contributed by atoms with E-state index in [9.17, 15) is 4.79 Å². The van der Waals surface area contributed by atoms with Crippen LogP contribution in [0, 0.1) is 6.92 Å². The molecule has 1 aromatic rings. The Labute approximate surface area is 124 Å². The summed E-state index contributed by atoms with van der Waals surface area (Å²) < 4.78 is 1.61. The van der Waals surface area contributed by atoms with Crippen LogP contribution in [0.1, 0.15) is 18.2 Å². The number of carbonyl (C=O) groups excluding carboxylic acids is 1. The summed E-state index contributed by atoms with van der Waals surface area (Å²) in [5, 5.41) is 4.78. The molecule has 110 valence electrons. The second-order valence-corrected chi connectivity index (χ2v) is 5.75. The lowest BCUT2D eigenvalue weighted by molar-refractivity contribution is -0.129. The molecule has 0 bridgehead atoms. The molecule has 1 aliphatic rings. The lowest BCUT2D eigenvalue weighted by atomic mass is 10.2. The summed E-state index contributed by atoms with van der Waals surface area (Å²) in [7, 11) is 3.87. The van der Waals surface area contributed by atoms with Crippen molar-refractivity contribution < 1.29 is 4.79 Å². The van der Waals surface area contributed by atoms with Gasteiger partial charge in [0.05, 0.1) is 5.69 Å². The van der Waals surface area contributed by atoms with Crippen molar-refractivity contribution in [2.24, 2.45) is 7.05 Å². The molecule has 2 rings (SSSR count). The fourth-order valence-corrected chi connectivity index (χ4v) is 2.79. The molecule has 1 amide bonds. The van der Waals surface area contributed by atoms with Crippen LogP contribution in [0.15, 0.2) is 6.08 Å². The molecular formula is C14H21ClN4O. The first-order valence-electron chi connectivity index (χ1n) is 6.76. The number of likely N-dealkylation sites (N-methyl/N-ethyl adjacent to an activating group) is 1. The summed E-state index contributed by atoms with van der Waals surface area (Å²) in [6.45, 7) is 6.54. The summed E-state index contributed by atoms with van der Waals surface area (Å²) in [6.07, 6.45) is 3.36. The van der Waals surface area contributed by atoms with E-state index in [-0.39, 0.29) is 11.9 Å². The highest BCUT2D eigenvalue weighted by Crippen LogP contribution is 2.20. The lowest BCUT2D eigenvalue weighted by Crippen LogP contribution is -2.52. The first kappa shape index (κ1) is 15.1. The zero-order valence-electron chi connectivity index (χ0n) is 12.4. The van der Waals surface area contributed by atoms with E-state index in [0.717, 1.165) is 30.9 Å². The Morgan fingerprint density at radius 1 is 1.40 bits per heavy atom. The van der Waals surface area contributed by atoms with Crippen molar-refractivity contribution in [1.29, 1.82) is 0 Å². The minimum Gasteiger partial charge on any atom is -0.334 e. The molecule has 1 aromatic heterocycles. The third-order valence-electron chi connectivity index (χ3n) is 3.70. The van der Waals surface area contributed by atoms with Crippen LogP contribution in [0.25, 0.3) is 6.08 Å². The maximum absolute atomic E-state index is 12.3. The first-order valence-corrected chi connectivity index (χ1v) is 7.14. The van der Waals surface area contributed by atoms with Crippen molar-refractivity contribution in [3.63, 3.8) is 0 Å². The number of hydrogen-bond acceptors (Lipinski definition) is 3. The second kappa shape index (κ2) is 5.97. The normalized spacial score (nSPS) is 20.9. The SMILES string of the molecule is Cc1nn(C)c(Cl)c1/C=C/C(=O)N1CCN(C)CC1C. The largest absolute Gasteiger partial charge is 0.334 e. The van der Waals surface area contributed by atoms with Crippen LogP contribution in [0.3, 0.4) is 0 Å². The minimum atomic E-state index is 0.0323. The van der Waals surface area contributed by atoms with Crippen LogP contribution < -0.4 is 0 Å². The molecule has 1 fully saturated rings. The van der Waals surface area contributed by atoms with E-state index in [1.807, 2.05) is 11.8 Å². The molecule has 0 saturated carbocycles. The van der Waals surface area contributed by atoms with Gasteiger partial charge < -0.3 is 9.80 Å². The molecule has 1 saturated heterocycles. The van der Waals surface area contributed by atoms with Gasteiger partial charge in [-0.1, -0.05) is 11.6 Å². The Hall–Kier alpha value is -1.33. The number of amides is 1. The van der Waals surface area contributed by atoms with E-state index in [1.54, 1.807) is 23.9 Å². The van der Waals surface area contributed by atoms with Crippen molar-refractivity contribution >= 4 is 23.6 Å². The maximum Gasteiger partial charge on any atom is 0.246 e. The predicted octanol–water partition coefficient (Wildman–Crippen LogP) is 1.56. The zero-order valence-corrected chi connectivity index (χ0v) is 13.2. The standard InChI is InChI=1S/C14H21ClN4O/c1-10-9-17(3)7-8-19(10)13(20)6-5-12-11(2)16-18(4)14(12)15/h5-6,10H,7-9H2,1-4H3/b6-5+. The van der Waals surface area contributed by atoms with Crippen molar-refractivity contribution in [2.75, 3.05) is 26.7 Å². The van der Waals surface area contributed by atoms with E-state index in [2.05, 4.69) is 24.0 Å². The average molecular weight is 297 g/mol. The van der Waals surface area contributed by atoms with Gasteiger partial charge in [0, 0.05) is 44.4 Å². The summed E-state index contributed by atoms with van der Waals surface area (Å²) >= 11 is 6.15. The molecule has 0 aliphatic carbocycles. The number of halogens is 1. The Balaban J connectivity index is 2.09. The number of piperazine rings is 1. The van der Waals surface area contributed by atoms with Gasteiger partial charge >= 0.3 is 0 Å². The van der Waals surface area contributed by atoms with Gasteiger partial charge in [0.2, 0.25) is 5.91 Å². The Bertz CT molecular complexity index is 538. The molecule has 0 N–H and O–H groups in total. The van der Waals surface area contributed by atoms with Gasteiger partial charge in [0.25, 0.3) is 0 Å². The molecule has 1 atom stereocenters. The van der Waals surface area contributed by atoms with E-state index in [0.29, 0.717) is 5.15 Å². The van der Waals surface area contributed by atoms with Crippen molar-refractivity contribution in [3.05, 3.63) is 22.5 Å². The smallest absolute Gasteiger partial charge is 0.246 e. The van der Waals surface area contributed by atoms with E-state index in [1.165, 1.54) is 0 Å². The van der Waals surface area contributed by atoms with E-state index >= 15 is 0 Å². The molecule has 1 unspecified atom stereocenters. The fraction of sp³-hybridized carbons (Fsp3) is 0.571.